The van der Waals surface area contributed by atoms with E-state index in [1.165, 1.54) is 11.2 Å². The van der Waals surface area contributed by atoms with Gasteiger partial charge in [0, 0.05) is 18.5 Å². The largest absolute Gasteiger partial charge is 0.450 e. The lowest BCUT2D eigenvalue weighted by molar-refractivity contribution is -0.145. The monoisotopic (exact) mass is 338 g/mol. The minimum Gasteiger partial charge on any atom is -0.450 e. The number of rotatable bonds is 6. The van der Waals surface area contributed by atoms with Crippen LogP contribution >= 0.6 is 0 Å². The zero-order valence-corrected chi connectivity index (χ0v) is 13.1. The summed E-state index contributed by atoms with van der Waals surface area (Å²) < 4.78 is 43.2. The van der Waals surface area contributed by atoms with Gasteiger partial charge in [0.2, 0.25) is 0 Å². The van der Waals surface area contributed by atoms with Gasteiger partial charge in [-0.15, -0.1) is 0 Å². The fraction of sp³-hybridized carbons (Fsp3) is 0.375. The fourth-order valence-electron chi connectivity index (χ4n) is 2.58. The highest BCUT2D eigenvalue weighted by molar-refractivity contribution is 6.05. The highest BCUT2D eigenvalue weighted by Crippen LogP contribution is 2.30. The molecule has 0 bridgehead atoms. The van der Waals surface area contributed by atoms with Crippen molar-refractivity contribution >= 4 is 27.9 Å². The maximum Gasteiger partial charge on any atom is 0.401 e. The van der Waals surface area contributed by atoms with E-state index in [1.54, 1.807) is 6.92 Å². The van der Waals surface area contributed by atoms with E-state index in [-0.39, 0.29) is 6.54 Å². The first-order chi connectivity index (χ1) is 11.5. The maximum absolute atomic E-state index is 12.5. The van der Waals surface area contributed by atoms with Gasteiger partial charge < -0.3 is 9.73 Å². The van der Waals surface area contributed by atoms with E-state index in [0.717, 1.165) is 5.39 Å². The average molecular weight is 338 g/mol. The number of likely N-dealkylation sites (N-methyl/N-ethyl adjacent to an activating group) is 1. The van der Waals surface area contributed by atoms with Crippen LogP contribution in [0.25, 0.3) is 22.1 Å². The maximum atomic E-state index is 12.5. The van der Waals surface area contributed by atoms with Gasteiger partial charge in [-0.1, -0.05) is 19.1 Å². The summed E-state index contributed by atoms with van der Waals surface area (Å²) in [5, 5.41) is 3.93. The Labute approximate surface area is 136 Å². The third kappa shape index (κ3) is 3.59. The lowest BCUT2D eigenvalue weighted by atomic mass is 10.2. The molecule has 0 atom stereocenters. The van der Waals surface area contributed by atoms with Gasteiger partial charge in [-0.2, -0.15) is 13.2 Å². The molecule has 0 saturated heterocycles. The van der Waals surface area contributed by atoms with Gasteiger partial charge in [-0.05, 0) is 18.7 Å². The molecule has 0 saturated carbocycles. The topological polar surface area (TPSA) is 54.2 Å². The number of fused-ring (bicyclic) bond motifs is 3. The van der Waals surface area contributed by atoms with E-state index < -0.39 is 12.7 Å². The van der Waals surface area contributed by atoms with Crippen molar-refractivity contribution in [1.29, 1.82) is 0 Å². The highest BCUT2D eigenvalue weighted by Gasteiger charge is 2.29. The van der Waals surface area contributed by atoms with Crippen molar-refractivity contribution in [1.82, 2.24) is 14.9 Å². The Balaban J connectivity index is 1.74. The Hall–Kier alpha value is -2.35. The van der Waals surface area contributed by atoms with Gasteiger partial charge in [0.05, 0.1) is 6.54 Å². The molecule has 0 aliphatic heterocycles. The van der Waals surface area contributed by atoms with Gasteiger partial charge >= 0.3 is 6.18 Å². The molecule has 0 amide bonds. The van der Waals surface area contributed by atoms with Crippen molar-refractivity contribution < 1.29 is 17.6 Å². The van der Waals surface area contributed by atoms with Crippen LogP contribution < -0.4 is 5.32 Å². The normalized spacial score (nSPS) is 12.4. The molecule has 0 spiro atoms. The summed E-state index contributed by atoms with van der Waals surface area (Å²) in [6.07, 6.45) is -2.78. The Morgan fingerprint density at radius 2 is 2.00 bits per heavy atom. The molecule has 0 unspecified atom stereocenters. The number of hydrogen-bond donors (Lipinski definition) is 1. The van der Waals surface area contributed by atoms with Crippen LogP contribution in [-0.4, -0.2) is 47.2 Å². The predicted octanol–water partition coefficient (Wildman–Crippen LogP) is 3.67. The SMILES string of the molecule is CCN(CCNc1ncnc2c1oc1ccccc12)CC(F)(F)F. The van der Waals surface area contributed by atoms with Gasteiger partial charge in [-0.25, -0.2) is 9.97 Å². The third-order valence-corrected chi connectivity index (χ3v) is 3.73. The number of anilines is 1. The average Bonchev–Trinajstić information content (AvgIpc) is 2.92. The summed E-state index contributed by atoms with van der Waals surface area (Å²) in [6, 6.07) is 7.49. The van der Waals surface area contributed by atoms with E-state index in [2.05, 4.69) is 15.3 Å². The van der Waals surface area contributed by atoms with E-state index in [0.29, 0.717) is 35.6 Å². The summed E-state index contributed by atoms with van der Waals surface area (Å²) >= 11 is 0. The first-order valence-corrected chi connectivity index (χ1v) is 7.63. The summed E-state index contributed by atoms with van der Waals surface area (Å²) in [4.78, 5) is 9.70. The van der Waals surface area contributed by atoms with Gasteiger partial charge in [0.15, 0.2) is 11.4 Å². The van der Waals surface area contributed by atoms with Crippen molar-refractivity contribution in [3.8, 4) is 0 Å². The Kier molecular flexibility index (Phi) is 4.57. The second-order valence-electron chi connectivity index (χ2n) is 5.41. The van der Waals surface area contributed by atoms with Crippen LogP contribution in [0.3, 0.4) is 0 Å². The van der Waals surface area contributed by atoms with Crippen LogP contribution in [-0.2, 0) is 0 Å². The number of para-hydroxylation sites is 1. The molecule has 5 nitrogen and oxygen atoms in total. The number of alkyl halides is 3. The minimum atomic E-state index is -4.20. The van der Waals surface area contributed by atoms with Gasteiger partial charge in [-0.3, -0.25) is 4.90 Å². The smallest absolute Gasteiger partial charge is 0.401 e. The first-order valence-electron chi connectivity index (χ1n) is 7.63. The molecule has 0 radical (unpaired) electrons. The van der Waals surface area contributed by atoms with Crippen LogP contribution in [0.15, 0.2) is 35.0 Å². The zero-order valence-electron chi connectivity index (χ0n) is 13.1. The molecule has 8 heteroatoms. The molecule has 1 N–H and O–H groups in total. The van der Waals surface area contributed by atoms with Crippen LogP contribution in [0, 0.1) is 0 Å². The van der Waals surface area contributed by atoms with E-state index >= 15 is 0 Å². The van der Waals surface area contributed by atoms with Crippen molar-refractivity contribution in [2.45, 2.75) is 13.1 Å². The van der Waals surface area contributed by atoms with Crippen LogP contribution in [0.2, 0.25) is 0 Å². The van der Waals surface area contributed by atoms with Crippen molar-refractivity contribution in [3.63, 3.8) is 0 Å². The molecule has 0 aliphatic rings. The molecule has 1 aromatic carbocycles. The van der Waals surface area contributed by atoms with E-state index in [9.17, 15) is 13.2 Å². The van der Waals surface area contributed by atoms with E-state index in [4.69, 9.17) is 4.42 Å². The van der Waals surface area contributed by atoms with Crippen molar-refractivity contribution in [2.75, 3.05) is 31.5 Å². The summed E-state index contributed by atoms with van der Waals surface area (Å²) in [5.41, 5.74) is 1.90. The Morgan fingerprint density at radius 1 is 1.21 bits per heavy atom. The number of aromatic nitrogens is 2. The predicted molar refractivity (Wildman–Crippen MR) is 86.0 cm³/mol. The first kappa shape index (κ1) is 16.5. The molecular formula is C16H17F3N4O. The number of nitrogens with zero attached hydrogens (tertiary/aromatic N) is 3. The summed E-state index contributed by atoms with van der Waals surface area (Å²) in [6.45, 7) is 1.68. The summed E-state index contributed by atoms with van der Waals surface area (Å²) in [7, 11) is 0. The number of furan rings is 1. The molecular weight excluding hydrogens is 321 g/mol. The number of nitrogens with one attached hydrogen (secondary N) is 1. The fourth-order valence-corrected chi connectivity index (χ4v) is 2.58. The van der Waals surface area contributed by atoms with Gasteiger partial charge in [0.25, 0.3) is 0 Å². The molecule has 128 valence electrons. The summed E-state index contributed by atoms with van der Waals surface area (Å²) in [5.74, 6) is 0.485. The van der Waals surface area contributed by atoms with Gasteiger partial charge in [0.1, 0.15) is 17.4 Å². The molecule has 24 heavy (non-hydrogen) atoms. The zero-order chi connectivity index (χ0) is 17.2. The molecule has 0 fully saturated rings. The standard InChI is InChI=1S/C16H17F3N4O/c1-2-23(9-16(17,18)19)8-7-20-15-14-13(21-10-22-15)11-5-3-4-6-12(11)24-14/h3-6,10H,2,7-9H2,1H3,(H,20,21,22). The lowest BCUT2D eigenvalue weighted by Crippen LogP contribution is -2.37. The highest BCUT2D eigenvalue weighted by atomic mass is 19.4. The van der Waals surface area contributed by atoms with Crippen molar-refractivity contribution in [3.05, 3.63) is 30.6 Å². The molecule has 2 heterocycles. The number of benzene rings is 1. The second kappa shape index (κ2) is 6.64. The minimum absolute atomic E-state index is 0.252. The van der Waals surface area contributed by atoms with Crippen LogP contribution in [0.5, 0.6) is 0 Å². The molecule has 0 aliphatic carbocycles. The second-order valence-corrected chi connectivity index (χ2v) is 5.41. The van der Waals surface area contributed by atoms with Crippen LogP contribution in [0.4, 0.5) is 19.0 Å². The molecule has 3 aromatic rings. The number of hydrogen-bond acceptors (Lipinski definition) is 5. The van der Waals surface area contributed by atoms with Crippen LogP contribution in [0.1, 0.15) is 6.92 Å². The quantitative estimate of drug-likeness (QED) is 0.743. The Morgan fingerprint density at radius 3 is 2.75 bits per heavy atom. The lowest BCUT2D eigenvalue weighted by Gasteiger charge is -2.21. The Bertz CT molecular complexity index is 831. The van der Waals surface area contributed by atoms with E-state index in [1.807, 2.05) is 24.3 Å². The van der Waals surface area contributed by atoms with Crippen molar-refractivity contribution in [2.24, 2.45) is 0 Å². The third-order valence-electron chi connectivity index (χ3n) is 3.73. The molecule has 2 aromatic heterocycles. The molecule has 3 rings (SSSR count). The number of halogens is 3.